The second-order valence-electron chi connectivity index (χ2n) is 11.1. The Labute approximate surface area is 263 Å². The van der Waals surface area contributed by atoms with Gasteiger partial charge in [0.25, 0.3) is 5.91 Å². The van der Waals surface area contributed by atoms with E-state index in [0.29, 0.717) is 33.3 Å². The maximum atomic E-state index is 14.4. The number of halogens is 2. The van der Waals surface area contributed by atoms with E-state index in [2.05, 4.69) is 16.5 Å². The summed E-state index contributed by atoms with van der Waals surface area (Å²) in [5.41, 5.74) is 1.57. The highest BCUT2D eigenvalue weighted by molar-refractivity contribution is 6.34. The van der Waals surface area contributed by atoms with Crippen molar-refractivity contribution in [1.82, 2.24) is 19.4 Å². The van der Waals surface area contributed by atoms with Crippen molar-refractivity contribution in [2.75, 3.05) is 18.0 Å². The molecule has 1 aliphatic heterocycles. The molecule has 1 fully saturated rings. The summed E-state index contributed by atoms with van der Waals surface area (Å²) in [5.74, 6) is -1.87. The number of pyridine rings is 1. The van der Waals surface area contributed by atoms with Crippen molar-refractivity contribution in [1.29, 1.82) is 0 Å². The molecule has 2 aromatic carbocycles. The summed E-state index contributed by atoms with van der Waals surface area (Å²) in [5, 5.41) is 0.712. The van der Waals surface area contributed by atoms with Gasteiger partial charge in [0.05, 0.1) is 19.6 Å². The second kappa shape index (κ2) is 11.8. The third-order valence-corrected chi connectivity index (χ3v) is 8.09. The smallest absolute Gasteiger partial charge is 0.347 e. The standard InChI is InChI=1S/C34H35ClFN5O2/c1-8-24-11-9-10-12-25(24)26-16-29-27(15-28(26)35)32(40-21(5)17-39(18-22(40)6)33(42)23(7)36)38-34(43)41(29)31-20(4)13-14-37-30(31)19(2)3/h8-16,19,21-22H,1,7,17-18H2,2-6H3/t21-,22-/m0/s1/i1D2,4D3. The molecule has 7 nitrogen and oxygen atoms in total. The number of hydrogen-bond acceptors (Lipinski definition) is 5. The fourth-order valence-electron chi connectivity index (χ4n) is 5.92. The van der Waals surface area contributed by atoms with Crippen molar-refractivity contribution < 1.29 is 16.0 Å². The number of aryl methyl sites for hydroxylation is 1. The summed E-state index contributed by atoms with van der Waals surface area (Å²) in [6.07, 6.45) is 2.79. The minimum absolute atomic E-state index is 0.0765. The Bertz CT molecular complexity index is 2010. The summed E-state index contributed by atoms with van der Waals surface area (Å²) in [6.45, 7) is 7.76. The zero-order valence-electron chi connectivity index (χ0n) is 29.4. The number of rotatable bonds is 6. The van der Waals surface area contributed by atoms with Gasteiger partial charge in [0, 0.05) is 51.5 Å². The predicted octanol–water partition coefficient (Wildman–Crippen LogP) is 7.08. The highest BCUT2D eigenvalue weighted by Gasteiger charge is 2.35. The van der Waals surface area contributed by atoms with Crippen molar-refractivity contribution in [3.8, 4) is 16.8 Å². The van der Waals surface area contributed by atoms with Gasteiger partial charge in [0.15, 0.2) is 5.83 Å². The molecular weight excluding hydrogens is 565 g/mol. The van der Waals surface area contributed by atoms with Crippen LogP contribution in [0.3, 0.4) is 0 Å². The summed E-state index contributed by atoms with van der Waals surface area (Å²) in [7, 11) is 0. The number of piperazine rings is 1. The molecule has 0 N–H and O–H groups in total. The molecule has 0 aliphatic carbocycles. The van der Waals surface area contributed by atoms with Crippen LogP contribution in [0.5, 0.6) is 0 Å². The summed E-state index contributed by atoms with van der Waals surface area (Å²) in [4.78, 5) is 39.1. The lowest BCUT2D eigenvalue weighted by Gasteiger charge is -2.45. The Kier molecular flexibility index (Phi) is 6.61. The first kappa shape index (κ1) is 24.2. The highest BCUT2D eigenvalue weighted by Crippen LogP contribution is 2.39. The van der Waals surface area contributed by atoms with Gasteiger partial charge in [-0.25, -0.2) is 9.18 Å². The molecule has 0 spiro atoms. The van der Waals surface area contributed by atoms with Crippen LogP contribution in [0.4, 0.5) is 10.2 Å². The van der Waals surface area contributed by atoms with Crippen molar-refractivity contribution in [2.24, 2.45) is 0 Å². The molecule has 2 atom stereocenters. The van der Waals surface area contributed by atoms with Crippen molar-refractivity contribution in [3.63, 3.8) is 0 Å². The van der Waals surface area contributed by atoms with Gasteiger partial charge in [-0.1, -0.05) is 68.9 Å². The molecule has 1 saturated heterocycles. The number of fused-ring (bicyclic) bond motifs is 1. The van der Waals surface area contributed by atoms with Gasteiger partial charge >= 0.3 is 5.69 Å². The average molecular weight is 605 g/mol. The molecular formula is C34H35ClFN5O2. The van der Waals surface area contributed by atoms with Crippen LogP contribution in [0.25, 0.3) is 33.8 Å². The number of carbonyl (C=O) groups is 1. The molecule has 3 heterocycles. The fourth-order valence-corrected chi connectivity index (χ4v) is 6.19. The Hall–Kier alpha value is -4.30. The lowest BCUT2D eigenvalue weighted by molar-refractivity contribution is -0.129. The molecule has 4 aromatic rings. The summed E-state index contributed by atoms with van der Waals surface area (Å²) in [6, 6.07) is 11.0. The number of aromatic nitrogens is 3. The highest BCUT2D eigenvalue weighted by atomic mass is 35.5. The van der Waals surface area contributed by atoms with Crippen LogP contribution in [0.1, 0.15) is 57.3 Å². The third kappa shape index (κ3) is 5.36. The van der Waals surface area contributed by atoms with E-state index in [1.807, 2.05) is 32.6 Å². The van der Waals surface area contributed by atoms with Crippen LogP contribution in [0.2, 0.25) is 5.02 Å². The van der Waals surface area contributed by atoms with Gasteiger partial charge in [-0.3, -0.25) is 14.3 Å². The molecule has 2 aromatic heterocycles. The first-order valence-electron chi connectivity index (χ1n) is 16.4. The first-order valence-corrected chi connectivity index (χ1v) is 14.3. The normalized spacial score (nSPS) is 18.9. The number of carbonyl (C=O) groups excluding carboxylic acids is 1. The van der Waals surface area contributed by atoms with Crippen LogP contribution < -0.4 is 10.6 Å². The van der Waals surface area contributed by atoms with Crippen LogP contribution in [0.15, 0.2) is 72.4 Å². The SMILES string of the molecule is [2H]C([2H])=Cc1ccccc1-c1cc2c(cc1Cl)c(N1[C@@H](C)CN(C(=O)C(=C)F)C[C@@H]1C)nc(=O)n2-c1c(C([2H])([2H])[2H])ccnc1C(C)C. The number of nitrogens with zero attached hydrogens (tertiary/aromatic N) is 5. The zero-order valence-corrected chi connectivity index (χ0v) is 25.1. The van der Waals surface area contributed by atoms with Gasteiger partial charge < -0.3 is 9.80 Å². The maximum absolute atomic E-state index is 14.4. The van der Waals surface area contributed by atoms with E-state index < -0.39 is 42.9 Å². The zero-order chi connectivity index (χ0) is 35.2. The van der Waals surface area contributed by atoms with E-state index in [9.17, 15) is 14.0 Å². The topological polar surface area (TPSA) is 71.3 Å². The quantitative estimate of drug-likeness (QED) is 0.220. The summed E-state index contributed by atoms with van der Waals surface area (Å²) >= 11 is 7.00. The monoisotopic (exact) mass is 604 g/mol. The van der Waals surface area contributed by atoms with Gasteiger partial charge in [0.2, 0.25) is 0 Å². The van der Waals surface area contributed by atoms with Gasteiger partial charge in [-0.2, -0.15) is 4.98 Å². The summed E-state index contributed by atoms with van der Waals surface area (Å²) < 4.78 is 55.6. The molecule has 222 valence electrons. The van der Waals surface area contributed by atoms with Crippen molar-refractivity contribution in [2.45, 2.75) is 52.5 Å². The third-order valence-electron chi connectivity index (χ3n) is 7.77. The lowest BCUT2D eigenvalue weighted by Crippen LogP contribution is -2.59. The molecule has 43 heavy (non-hydrogen) atoms. The Morgan fingerprint density at radius 1 is 1.19 bits per heavy atom. The van der Waals surface area contributed by atoms with Crippen molar-refractivity contribution in [3.05, 3.63) is 99.9 Å². The lowest BCUT2D eigenvalue weighted by atomic mass is 9.97. The van der Waals surface area contributed by atoms with E-state index in [1.54, 1.807) is 36.4 Å². The van der Waals surface area contributed by atoms with Gasteiger partial charge in [0.1, 0.15) is 5.82 Å². The van der Waals surface area contributed by atoms with E-state index in [-0.39, 0.29) is 41.1 Å². The van der Waals surface area contributed by atoms with Gasteiger partial charge in [-0.15, -0.1) is 0 Å². The second-order valence-corrected chi connectivity index (χ2v) is 11.5. The number of hydrogen-bond donors (Lipinski definition) is 0. The predicted molar refractivity (Wildman–Crippen MR) is 173 cm³/mol. The molecule has 0 unspecified atom stereocenters. The molecule has 9 heteroatoms. The van der Waals surface area contributed by atoms with Gasteiger partial charge in [-0.05, 0) is 61.5 Å². The minimum Gasteiger partial charge on any atom is -0.347 e. The molecule has 0 saturated carbocycles. The first-order chi connectivity index (χ1) is 22.5. The molecule has 1 amide bonds. The van der Waals surface area contributed by atoms with Crippen LogP contribution in [0, 0.1) is 6.85 Å². The molecule has 5 rings (SSSR count). The average Bonchev–Trinajstić information content (AvgIpc) is 2.99. The van der Waals surface area contributed by atoms with E-state index >= 15 is 0 Å². The minimum atomic E-state index is -2.61. The fraction of sp³-hybridized carbons (Fsp3) is 0.294. The van der Waals surface area contributed by atoms with E-state index in [0.717, 1.165) is 0 Å². The van der Waals surface area contributed by atoms with Crippen LogP contribution in [-0.4, -0.2) is 50.5 Å². The Balaban J connectivity index is 1.89. The largest absolute Gasteiger partial charge is 0.354 e. The molecule has 0 radical (unpaired) electrons. The number of anilines is 1. The Morgan fingerprint density at radius 2 is 1.91 bits per heavy atom. The maximum Gasteiger partial charge on any atom is 0.354 e. The van der Waals surface area contributed by atoms with E-state index in [1.165, 1.54) is 27.8 Å². The number of benzene rings is 2. The van der Waals surface area contributed by atoms with E-state index in [4.69, 9.17) is 18.5 Å². The molecule has 0 bridgehead atoms. The number of amides is 1. The van der Waals surface area contributed by atoms with Crippen molar-refractivity contribution >= 4 is 40.3 Å². The molecule has 1 aliphatic rings. The Morgan fingerprint density at radius 3 is 2.56 bits per heavy atom. The van der Waals surface area contributed by atoms with Crippen LogP contribution >= 0.6 is 11.6 Å². The van der Waals surface area contributed by atoms with Crippen LogP contribution in [-0.2, 0) is 4.79 Å².